The van der Waals surface area contributed by atoms with E-state index in [1.165, 1.54) is 6.92 Å². The second-order valence-corrected chi connectivity index (χ2v) is 2.71. The molecule has 0 radical (unpaired) electrons. The molecule has 2 N–H and O–H groups in total. The number of ketones is 1. The quantitative estimate of drug-likeness (QED) is 0.607. The van der Waals surface area contributed by atoms with Gasteiger partial charge in [0.1, 0.15) is 5.78 Å². The van der Waals surface area contributed by atoms with Crippen LogP contribution >= 0.6 is 0 Å². The van der Waals surface area contributed by atoms with Gasteiger partial charge in [-0.05, 0) is 20.9 Å². The molecule has 64 valence electrons. The third-order valence-corrected chi connectivity index (χ3v) is 1.83. The second kappa shape index (κ2) is 3.48. The zero-order valence-corrected chi connectivity index (χ0v) is 6.97. The average Bonchev–Trinajstić information content (AvgIpc) is 1.86. The van der Waals surface area contributed by atoms with E-state index in [0.717, 1.165) is 0 Å². The normalized spacial score (nSPS) is 15.5. The van der Waals surface area contributed by atoms with Crippen molar-refractivity contribution in [1.82, 2.24) is 5.32 Å². The lowest BCUT2D eigenvalue weighted by molar-refractivity contribution is -0.141. The molecule has 11 heavy (non-hydrogen) atoms. The van der Waals surface area contributed by atoms with Crippen LogP contribution in [0.3, 0.4) is 0 Å². The Kier molecular flexibility index (Phi) is 3.19. The Labute approximate surface area is 65.6 Å². The molecule has 4 nitrogen and oxygen atoms in total. The highest BCUT2D eigenvalue weighted by atomic mass is 16.4. The molecule has 0 aliphatic heterocycles. The molecule has 4 heteroatoms. The molecule has 0 saturated carbocycles. The number of likely N-dealkylation sites (N-methyl/N-ethyl adjacent to an activating group) is 1. The molecule has 0 fully saturated rings. The molecular formula is C7H13NO3. The lowest BCUT2D eigenvalue weighted by Crippen LogP contribution is -2.47. The summed E-state index contributed by atoms with van der Waals surface area (Å²) in [6.45, 7) is 2.95. The van der Waals surface area contributed by atoms with Crippen LogP contribution in [0.2, 0.25) is 0 Å². The molecule has 0 rings (SSSR count). The summed E-state index contributed by atoms with van der Waals surface area (Å²) in [5, 5.41) is 11.1. The minimum absolute atomic E-state index is 0.164. The predicted molar refractivity (Wildman–Crippen MR) is 40.4 cm³/mol. The smallest absolute Gasteiger partial charge is 0.305 e. The van der Waals surface area contributed by atoms with Crippen molar-refractivity contribution in [3.05, 3.63) is 0 Å². The maximum Gasteiger partial charge on any atom is 0.305 e. The lowest BCUT2D eigenvalue weighted by atomic mass is 9.94. The third-order valence-electron chi connectivity index (χ3n) is 1.83. The largest absolute Gasteiger partial charge is 0.481 e. The third kappa shape index (κ3) is 2.67. The van der Waals surface area contributed by atoms with E-state index in [0.29, 0.717) is 0 Å². The van der Waals surface area contributed by atoms with E-state index in [2.05, 4.69) is 5.32 Å². The molecular weight excluding hydrogens is 146 g/mol. The number of carboxylic acid groups (broad SMARTS) is 1. The summed E-state index contributed by atoms with van der Waals surface area (Å²) in [5.74, 6) is -1.14. The van der Waals surface area contributed by atoms with Gasteiger partial charge in [-0.25, -0.2) is 0 Å². The van der Waals surface area contributed by atoms with Crippen LogP contribution in [0.5, 0.6) is 0 Å². The van der Waals surface area contributed by atoms with Gasteiger partial charge in [-0.2, -0.15) is 0 Å². The van der Waals surface area contributed by atoms with Gasteiger partial charge in [-0.3, -0.25) is 9.59 Å². The molecule has 0 aromatic rings. The zero-order valence-electron chi connectivity index (χ0n) is 6.97. The number of hydrogen-bond donors (Lipinski definition) is 2. The first kappa shape index (κ1) is 10.1. The monoisotopic (exact) mass is 159 g/mol. The van der Waals surface area contributed by atoms with Crippen molar-refractivity contribution in [2.24, 2.45) is 0 Å². The molecule has 0 saturated heterocycles. The predicted octanol–water partition coefficient (Wildman–Crippen LogP) is 0.0282. The molecule has 0 spiro atoms. The maximum atomic E-state index is 10.9. The van der Waals surface area contributed by atoms with E-state index >= 15 is 0 Å². The number of hydrogen-bond acceptors (Lipinski definition) is 3. The SMILES string of the molecule is CN[C@@](C)(CC(=O)O)C(C)=O. The first-order valence-corrected chi connectivity index (χ1v) is 3.34. The van der Waals surface area contributed by atoms with Crippen LogP contribution in [-0.2, 0) is 9.59 Å². The number of carbonyl (C=O) groups excluding carboxylic acids is 1. The lowest BCUT2D eigenvalue weighted by Gasteiger charge is -2.23. The number of nitrogens with one attached hydrogen (secondary N) is 1. The Hall–Kier alpha value is -0.900. The van der Waals surface area contributed by atoms with Crippen molar-refractivity contribution in [3.63, 3.8) is 0 Å². The van der Waals surface area contributed by atoms with Crippen LogP contribution in [0.15, 0.2) is 0 Å². The Morgan fingerprint density at radius 3 is 2.09 bits per heavy atom. The van der Waals surface area contributed by atoms with Gasteiger partial charge in [0.05, 0.1) is 12.0 Å². The van der Waals surface area contributed by atoms with E-state index in [1.54, 1.807) is 14.0 Å². The average molecular weight is 159 g/mol. The molecule has 0 amide bonds. The highest BCUT2D eigenvalue weighted by Gasteiger charge is 2.30. The van der Waals surface area contributed by atoms with Gasteiger partial charge in [-0.1, -0.05) is 0 Å². The van der Waals surface area contributed by atoms with E-state index in [1.807, 2.05) is 0 Å². The number of rotatable bonds is 4. The summed E-state index contributed by atoms with van der Waals surface area (Å²) in [6.07, 6.45) is -0.182. The first-order valence-electron chi connectivity index (χ1n) is 3.34. The Morgan fingerprint density at radius 2 is 2.00 bits per heavy atom. The molecule has 0 aromatic carbocycles. The summed E-state index contributed by atoms with van der Waals surface area (Å²) < 4.78 is 0. The topological polar surface area (TPSA) is 66.4 Å². The van der Waals surface area contributed by atoms with Gasteiger partial charge in [0.2, 0.25) is 0 Å². The van der Waals surface area contributed by atoms with Crippen LogP contribution in [0.1, 0.15) is 20.3 Å². The van der Waals surface area contributed by atoms with E-state index in [4.69, 9.17) is 5.11 Å². The van der Waals surface area contributed by atoms with Crippen molar-refractivity contribution in [3.8, 4) is 0 Å². The van der Waals surface area contributed by atoms with Crippen LogP contribution in [0, 0.1) is 0 Å². The standard InChI is InChI=1S/C7H13NO3/c1-5(9)7(2,8-3)4-6(10)11/h8H,4H2,1-3H3,(H,10,11)/t7-/m0/s1. The van der Waals surface area contributed by atoms with Crippen LogP contribution in [0.4, 0.5) is 0 Å². The summed E-state index contributed by atoms with van der Waals surface area (Å²) >= 11 is 0. The molecule has 0 unspecified atom stereocenters. The number of aliphatic carboxylic acids is 1. The first-order chi connectivity index (χ1) is 4.92. The molecule has 0 heterocycles. The van der Waals surface area contributed by atoms with Gasteiger partial charge < -0.3 is 10.4 Å². The van der Waals surface area contributed by atoms with Gasteiger partial charge in [0.25, 0.3) is 0 Å². The Morgan fingerprint density at radius 1 is 1.55 bits per heavy atom. The zero-order chi connectivity index (χ0) is 9.07. The summed E-state index contributed by atoms with van der Waals surface area (Å²) in [7, 11) is 1.57. The van der Waals surface area contributed by atoms with Crippen molar-refractivity contribution in [1.29, 1.82) is 0 Å². The molecule has 0 aromatic heterocycles. The van der Waals surface area contributed by atoms with Crippen LogP contribution in [-0.4, -0.2) is 29.4 Å². The minimum Gasteiger partial charge on any atom is -0.481 e. The van der Waals surface area contributed by atoms with Crippen LogP contribution < -0.4 is 5.32 Å². The van der Waals surface area contributed by atoms with Crippen molar-refractivity contribution >= 4 is 11.8 Å². The number of carbonyl (C=O) groups is 2. The van der Waals surface area contributed by atoms with Crippen molar-refractivity contribution in [2.75, 3.05) is 7.05 Å². The summed E-state index contributed by atoms with van der Waals surface area (Å²) in [6, 6.07) is 0. The van der Waals surface area contributed by atoms with Gasteiger partial charge in [0, 0.05) is 0 Å². The van der Waals surface area contributed by atoms with Crippen LogP contribution in [0.25, 0.3) is 0 Å². The van der Waals surface area contributed by atoms with Crippen molar-refractivity contribution < 1.29 is 14.7 Å². The van der Waals surface area contributed by atoms with Gasteiger partial charge in [-0.15, -0.1) is 0 Å². The van der Waals surface area contributed by atoms with E-state index < -0.39 is 11.5 Å². The fourth-order valence-electron chi connectivity index (χ4n) is 0.691. The molecule has 0 aliphatic carbocycles. The fraction of sp³-hybridized carbons (Fsp3) is 0.714. The fourth-order valence-corrected chi connectivity index (χ4v) is 0.691. The molecule has 0 bridgehead atoms. The second-order valence-electron chi connectivity index (χ2n) is 2.71. The minimum atomic E-state index is -0.975. The maximum absolute atomic E-state index is 10.9. The van der Waals surface area contributed by atoms with E-state index in [9.17, 15) is 9.59 Å². The highest BCUT2D eigenvalue weighted by Crippen LogP contribution is 2.09. The number of carboxylic acids is 1. The Bertz CT molecular complexity index is 179. The number of Topliss-reactive ketones (excluding diaryl/α,β-unsaturated/α-hetero) is 1. The molecule has 0 aliphatic rings. The highest BCUT2D eigenvalue weighted by molar-refractivity contribution is 5.89. The van der Waals surface area contributed by atoms with Gasteiger partial charge >= 0.3 is 5.97 Å². The van der Waals surface area contributed by atoms with Crippen molar-refractivity contribution in [2.45, 2.75) is 25.8 Å². The Balaban J connectivity index is 4.34. The molecule has 1 atom stereocenters. The summed E-state index contributed by atoms with van der Waals surface area (Å²) in [5.41, 5.74) is -0.925. The van der Waals surface area contributed by atoms with Gasteiger partial charge in [0.15, 0.2) is 0 Å². The van der Waals surface area contributed by atoms with E-state index in [-0.39, 0.29) is 12.2 Å². The summed E-state index contributed by atoms with van der Waals surface area (Å²) in [4.78, 5) is 21.2.